The van der Waals surface area contributed by atoms with Crippen LogP contribution in [0, 0.1) is 5.82 Å². The molecule has 2 N–H and O–H groups in total. The van der Waals surface area contributed by atoms with Gasteiger partial charge in [-0.05, 0) is 18.9 Å². The highest BCUT2D eigenvalue weighted by Crippen LogP contribution is 2.56. The van der Waals surface area contributed by atoms with Gasteiger partial charge in [-0.15, -0.1) is 0 Å². The van der Waals surface area contributed by atoms with Crippen LogP contribution in [0.3, 0.4) is 0 Å². The van der Waals surface area contributed by atoms with Crippen molar-refractivity contribution < 1.29 is 28.9 Å². The van der Waals surface area contributed by atoms with E-state index >= 15 is 0 Å². The summed E-state index contributed by atoms with van der Waals surface area (Å²) in [5.74, 6) is -2.23. The van der Waals surface area contributed by atoms with Crippen LogP contribution in [-0.2, 0) is 10.2 Å². The molecule has 102 valence electrons. The van der Waals surface area contributed by atoms with Crippen molar-refractivity contribution in [2.45, 2.75) is 24.7 Å². The second-order valence-corrected chi connectivity index (χ2v) is 4.96. The average molecular weight is 268 g/mol. The van der Waals surface area contributed by atoms with E-state index in [1.54, 1.807) is 0 Å². The molecule has 1 aliphatic carbocycles. The van der Waals surface area contributed by atoms with Gasteiger partial charge in [0.1, 0.15) is 13.2 Å². The summed E-state index contributed by atoms with van der Waals surface area (Å²) in [7, 11) is 0. The summed E-state index contributed by atoms with van der Waals surface area (Å²) in [6.07, 6.45) is 1.11. The fraction of sp³-hybridized carbons (Fsp3) is 0.462. The van der Waals surface area contributed by atoms with Gasteiger partial charge in [0.25, 0.3) is 0 Å². The van der Waals surface area contributed by atoms with Crippen molar-refractivity contribution in [2.75, 3.05) is 13.2 Å². The van der Waals surface area contributed by atoms with Gasteiger partial charge in [0.2, 0.25) is 11.6 Å². The molecule has 0 bridgehead atoms. The number of aromatic hydroxyl groups is 1. The second kappa shape index (κ2) is 4.01. The molecule has 1 aromatic carbocycles. The minimum absolute atomic E-state index is 0.0985. The van der Waals surface area contributed by atoms with E-state index in [-0.39, 0.29) is 24.5 Å². The first-order chi connectivity index (χ1) is 9.03. The SMILES string of the molecule is O=C(O)CC1(c2cc3c(c(F)c2O)OCCO3)CC1. The van der Waals surface area contributed by atoms with E-state index in [1.165, 1.54) is 6.07 Å². The van der Waals surface area contributed by atoms with E-state index in [0.29, 0.717) is 25.0 Å². The lowest BCUT2D eigenvalue weighted by atomic mass is 9.91. The van der Waals surface area contributed by atoms with Gasteiger partial charge in [-0.25, -0.2) is 0 Å². The molecule has 2 aliphatic rings. The van der Waals surface area contributed by atoms with Crippen LogP contribution in [-0.4, -0.2) is 29.4 Å². The fourth-order valence-electron chi connectivity index (χ4n) is 2.52. The smallest absolute Gasteiger partial charge is 0.304 e. The Bertz CT molecular complexity index is 550. The summed E-state index contributed by atoms with van der Waals surface area (Å²) < 4.78 is 24.5. The van der Waals surface area contributed by atoms with Gasteiger partial charge in [0.05, 0.1) is 6.42 Å². The molecule has 1 aromatic rings. The van der Waals surface area contributed by atoms with E-state index in [2.05, 4.69) is 0 Å². The van der Waals surface area contributed by atoms with Gasteiger partial charge in [-0.2, -0.15) is 4.39 Å². The minimum atomic E-state index is -0.966. The number of hydrogen-bond donors (Lipinski definition) is 2. The summed E-state index contributed by atoms with van der Waals surface area (Å²) in [5.41, 5.74) is -0.372. The maximum absolute atomic E-state index is 14.0. The molecular formula is C13H13FO5. The summed E-state index contributed by atoms with van der Waals surface area (Å²) in [6.45, 7) is 0.533. The monoisotopic (exact) mass is 268 g/mol. The first-order valence-corrected chi connectivity index (χ1v) is 6.07. The Morgan fingerprint density at radius 2 is 2.05 bits per heavy atom. The molecular weight excluding hydrogens is 255 g/mol. The van der Waals surface area contributed by atoms with Crippen LogP contribution < -0.4 is 9.47 Å². The standard InChI is InChI=1S/C13H13FO5/c14-10-11(17)7(13(1-2-13)6-9(15)16)5-8-12(10)19-4-3-18-8/h5,17H,1-4,6H2,(H,15,16). The molecule has 0 amide bonds. The van der Waals surface area contributed by atoms with E-state index in [1.807, 2.05) is 0 Å². The highest BCUT2D eigenvalue weighted by Gasteiger charge is 2.49. The number of carboxylic acids is 1. The number of phenolic OH excluding ortho intramolecular Hbond substituents is 1. The number of benzene rings is 1. The lowest BCUT2D eigenvalue weighted by Gasteiger charge is -2.23. The van der Waals surface area contributed by atoms with Crippen molar-refractivity contribution in [3.8, 4) is 17.2 Å². The Labute approximate surface area is 108 Å². The van der Waals surface area contributed by atoms with Crippen molar-refractivity contribution in [3.63, 3.8) is 0 Å². The number of carbonyl (C=O) groups is 1. The lowest BCUT2D eigenvalue weighted by molar-refractivity contribution is -0.137. The Morgan fingerprint density at radius 1 is 1.37 bits per heavy atom. The van der Waals surface area contributed by atoms with Crippen LogP contribution in [0.15, 0.2) is 6.07 Å². The maximum atomic E-state index is 14.0. The van der Waals surface area contributed by atoms with Crippen LogP contribution in [0.25, 0.3) is 0 Å². The molecule has 0 unspecified atom stereocenters. The Balaban J connectivity index is 2.07. The zero-order valence-corrected chi connectivity index (χ0v) is 10.1. The van der Waals surface area contributed by atoms with Gasteiger partial charge in [-0.3, -0.25) is 4.79 Å². The molecule has 0 radical (unpaired) electrons. The Morgan fingerprint density at radius 3 is 2.68 bits per heavy atom. The number of phenols is 1. The van der Waals surface area contributed by atoms with E-state index in [4.69, 9.17) is 14.6 Å². The normalized spacial score (nSPS) is 19.0. The van der Waals surface area contributed by atoms with Crippen LogP contribution in [0.4, 0.5) is 4.39 Å². The number of rotatable bonds is 3. The molecule has 1 saturated carbocycles. The van der Waals surface area contributed by atoms with Crippen LogP contribution in [0.5, 0.6) is 17.2 Å². The molecule has 0 spiro atoms. The van der Waals surface area contributed by atoms with Gasteiger partial charge < -0.3 is 19.7 Å². The molecule has 1 aliphatic heterocycles. The highest BCUT2D eigenvalue weighted by molar-refractivity contribution is 5.71. The molecule has 6 heteroatoms. The van der Waals surface area contributed by atoms with Gasteiger partial charge in [0, 0.05) is 11.0 Å². The molecule has 0 atom stereocenters. The summed E-state index contributed by atoms with van der Waals surface area (Å²) in [5, 5.41) is 18.9. The van der Waals surface area contributed by atoms with Crippen LogP contribution >= 0.6 is 0 Å². The third-order valence-electron chi connectivity index (χ3n) is 3.66. The summed E-state index contributed by atoms with van der Waals surface area (Å²) >= 11 is 0. The van der Waals surface area contributed by atoms with Crippen molar-refractivity contribution in [3.05, 3.63) is 17.4 Å². The number of ether oxygens (including phenoxy) is 2. The number of fused-ring (bicyclic) bond motifs is 1. The van der Waals surface area contributed by atoms with Crippen molar-refractivity contribution in [1.82, 2.24) is 0 Å². The Hall–Kier alpha value is -1.98. The largest absolute Gasteiger partial charge is 0.505 e. The quantitative estimate of drug-likeness (QED) is 0.874. The first kappa shape index (κ1) is 12.1. The first-order valence-electron chi connectivity index (χ1n) is 6.07. The number of halogens is 1. The lowest BCUT2D eigenvalue weighted by Crippen LogP contribution is -2.19. The highest BCUT2D eigenvalue weighted by atomic mass is 19.1. The number of aliphatic carboxylic acids is 1. The molecule has 5 nitrogen and oxygen atoms in total. The van der Waals surface area contributed by atoms with E-state index in [0.717, 1.165) is 0 Å². The van der Waals surface area contributed by atoms with Gasteiger partial charge in [-0.1, -0.05) is 0 Å². The van der Waals surface area contributed by atoms with Crippen LogP contribution in [0.1, 0.15) is 24.8 Å². The zero-order chi connectivity index (χ0) is 13.6. The summed E-state index contributed by atoms with van der Waals surface area (Å²) in [4.78, 5) is 10.9. The second-order valence-electron chi connectivity index (χ2n) is 4.96. The molecule has 1 fully saturated rings. The van der Waals surface area contributed by atoms with Crippen molar-refractivity contribution in [1.29, 1.82) is 0 Å². The molecule has 3 rings (SSSR count). The van der Waals surface area contributed by atoms with Gasteiger partial charge in [0.15, 0.2) is 11.5 Å². The van der Waals surface area contributed by atoms with Crippen LogP contribution in [0.2, 0.25) is 0 Å². The average Bonchev–Trinajstić information content (AvgIpc) is 3.13. The topological polar surface area (TPSA) is 76.0 Å². The third-order valence-corrected chi connectivity index (χ3v) is 3.66. The summed E-state index contributed by atoms with van der Waals surface area (Å²) in [6, 6.07) is 1.50. The van der Waals surface area contributed by atoms with E-state index < -0.39 is 23.0 Å². The predicted molar refractivity (Wildman–Crippen MR) is 62.2 cm³/mol. The minimum Gasteiger partial charge on any atom is -0.505 e. The van der Waals surface area contributed by atoms with Gasteiger partial charge >= 0.3 is 5.97 Å². The molecule has 0 saturated heterocycles. The molecule has 1 heterocycles. The predicted octanol–water partition coefficient (Wildman–Crippen LogP) is 1.81. The maximum Gasteiger partial charge on any atom is 0.304 e. The fourth-order valence-corrected chi connectivity index (χ4v) is 2.52. The zero-order valence-electron chi connectivity index (χ0n) is 10.1. The van der Waals surface area contributed by atoms with Crippen molar-refractivity contribution >= 4 is 5.97 Å². The Kier molecular flexibility index (Phi) is 2.55. The van der Waals surface area contributed by atoms with Crippen molar-refractivity contribution in [2.24, 2.45) is 0 Å². The van der Waals surface area contributed by atoms with E-state index in [9.17, 15) is 14.3 Å². The molecule has 19 heavy (non-hydrogen) atoms. The number of hydrogen-bond acceptors (Lipinski definition) is 4. The number of carboxylic acid groups (broad SMARTS) is 1. The molecule has 0 aromatic heterocycles. The third kappa shape index (κ3) is 1.87.